The van der Waals surface area contributed by atoms with Crippen molar-refractivity contribution in [2.24, 2.45) is 0 Å². The molecule has 2 aromatic rings. The van der Waals surface area contributed by atoms with Gasteiger partial charge < -0.3 is 9.67 Å². The Kier molecular flexibility index (Phi) is 5.04. The number of aliphatic carboxylic acids is 1. The Morgan fingerprint density at radius 1 is 1.53 bits per heavy atom. The average molecular weight is 427 g/mol. The van der Waals surface area contributed by atoms with Gasteiger partial charge in [0.05, 0.1) is 14.4 Å². The van der Waals surface area contributed by atoms with Crippen LogP contribution in [0.3, 0.4) is 0 Å². The van der Waals surface area contributed by atoms with Gasteiger partial charge in [0.15, 0.2) is 11.0 Å². The molecule has 0 fully saturated rings. The molecule has 9 heteroatoms. The first-order valence-electron chi connectivity index (χ1n) is 5.26. The van der Waals surface area contributed by atoms with Crippen molar-refractivity contribution in [2.45, 2.75) is 18.6 Å². The van der Waals surface area contributed by atoms with Gasteiger partial charge in [0, 0.05) is 11.0 Å². The molecule has 0 unspecified atom stereocenters. The molecule has 0 aliphatic heterocycles. The molecule has 2 heterocycles. The largest absolute Gasteiger partial charge is 0.481 e. The van der Waals surface area contributed by atoms with E-state index >= 15 is 0 Å². The van der Waals surface area contributed by atoms with Crippen LogP contribution >= 0.6 is 55.0 Å². The molecule has 2 aromatic heterocycles. The van der Waals surface area contributed by atoms with E-state index in [-0.39, 0.29) is 5.75 Å². The van der Waals surface area contributed by atoms with E-state index in [0.29, 0.717) is 11.7 Å². The maximum atomic E-state index is 10.6. The molecule has 0 atom stereocenters. The second-order valence-corrected chi connectivity index (χ2v) is 7.63. The highest BCUT2D eigenvalue weighted by atomic mass is 79.9. The van der Waals surface area contributed by atoms with Crippen molar-refractivity contribution in [3.8, 4) is 10.7 Å². The van der Waals surface area contributed by atoms with E-state index in [1.165, 1.54) is 11.8 Å². The Balaban J connectivity index is 2.33. The van der Waals surface area contributed by atoms with Crippen LogP contribution in [0.25, 0.3) is 10.7 Å². The van der Waals surface area contributed by atoms with Crippen LogP contribution < -0.4 is 0 Å². The number of hydrogen-bond acceptors (Lipinski definition) is 5. The number of hydrogen-bond donors (Lipinski definition) is 1. The maximum Gasteiger partial charge on any atom is 0.313 e. The van der Waals surface area contributed by atoms with E-state index in [1.54, 1.807) is 11.3 Å². The fourth-order valence-electron chi connectivity index (χ4n) is 1.45. The van der Waals surface area contributed by atoms with Crippen molar-refractivity contribution >= 4 is 60.9 Å². The molecule has 0 amide bonds. The molecular formula is C10H9Br2N3O2S2. The van der Waals surface area contributed by atoms with Crippen molar-refractivity contribution < 1.29 is 9.90 Å². The maximum absolute atomic E-state index is 10.6. The summed E-state index contributed by atoms with van der Waals surface area (Å²) >= 11 is 9.62. The Morgan fingerprint density at radius 3 is 2.79 bits per heavy atom. The number of nitrogens with zero attached hydrogens (tertiary/aromatic N) is 3. The third-order valence-electron chi connectivity index (χ3n) is 2.22. The topological polar surface area (TPSA) is 68.0 Å². The molecular weight excluding hydrogens is 418 g/mol. The lowest BCUT2D eigenvalue weighted by Crippen LogP contribution is -2.02. The van der Waals surface area contributed by atoms with E-state index < -0.39 is 5.97 Å². The van der Waals surface area contributed by atoms with Crippen molar-refractivity contribution in [1.82, 2.24) is 14.8 Å². The van der Waals surface area contributed by atoms with Gasteiger partial charge in [-0.1, -0.05) is 11.8 Å². The van der Waals surface area contributed by atoms with Crippen molar-refractivity contribution in [2.75, 3.05) is 5.75 Å². The number of halogens is 2. The van der Waals surface area contributed by atoms with Gasteiger partial charge in [-0.2, -0.15) is 0 Å². The van der Waals surface area contributed by atoms with Crippen molar-refractivity contribution in [3.63, 3.8) is 0 Å². The molecule has 0 saturated carbocycles. The van der Waals surface area contributed by atoms with Gasteiger partial charge in [0.1, 0.15) is 0 Å². The second-order valence-electron chi connectivity index (χ2n) is 3.47. The van der Waals surface area contributed by atoms with E-state index in [0.717, 1.165) is 19.0 Å². The molecule has 0 saturated heterocycles. The molecule has 2 rings (SSSR count). The lowest BCUT2D eigenvalue weighted by Gasteiger charge is -2.04. The van der Waals surface area contributed by atoms with Crippen LogP contribution in [0.4, 0.5) is 0 Å². The number of rotatable bonds is 5. The summed E-state index contributed by atoms with van der Waals surface area (Å²) in [6, 6.07) is 1.97. The first-order chi connectivity index (χ1) is 9.02. The zero-order valence-electron chi connectivity index (χ0n) is 9.76. The van der Waals surface area contributed by atoms with Gasteiger partial charge >= 0.3 is 5.97 Å². The summed E-state index contributed by atoms with van der Waals surface area (Å²) in [6.45, 7) is 2.67. The minimum Gasteiger partial charge on any atom is -0.481 e. The zero-order valence-corrected chi connectivity index (χ0v) is 14.6. The summed E-state index contributed by atoms with van der Waals surface area (Å²) in [5.74, 6) is -0.124. The van der Waals surface area contributed by atoms with Crippen LogP contribution in [0.2, 0.25) is 0 Å². The van der Waals surface area contributed by atoms with E-state index in [2.05, 4.69) is 42.1 Å². The summed E-state index contributed by atoms with van der Waals surface area (Å²) in [7, 11) is 0. The highest BCUT2D eigenvalue weighted by Gasteiger charge is 2.17. The lowest BCUT2D eigenvalue weighted by molar-refractivity contribution is -0.133. The van der Waals surface area contributed by atoms with Gasteiger partial charge in [-0.3, -0.25) is 4.79 Å². The number of aromatic nitrogens is 3. The predicted molar refractivity (Wildman–Crippen MR) is 82.8 cm³/mol. The lowest BCUT2D eigenvalue weighted by atomic mass is 10.4. The predicted octanol–water partition coefficient (Wildman–Crippen LogP) is 3.73. The molecule has 5 nitrogen and oxygen atoms in total. The number of carbonyl (C=O) groups is 1. The first-order valence-corrected chi connectivity index (χ1v) is 8.64. The summed E-state index contributed by atoms with van der Waals surface area (Å²) in [4.78, 5) is 11.6. The molecule has 19 heavy (non-hydrogen) atoms. The quantitative estimate of drug-likeness (QED) is 0.737. The molecule has 0 bridgehead atoms. The fraction of sp³-hybridized carbons (Fsp3) is 0.300. The molecule has 0 aromatic carbocycles. The van der Waals surface area contributed by atoms with Crippen LogP contribution in [0.5, 0.6) is 0 Å². The third kappa shape index (κ3) is 3.39. The van der Waals surface area contributed by atoms with Crippen LogP contribution in [0.1, 0.15) is 6.92 Å². The van der Waals surface area contributed by atoms with Gasteiger partial charge in [0.2, 0.25) is 0 Å². The van der Waals surface area contributed by atoms with Crippen molar-refractivity contribution in [3.05, 3.63) is 14.3 Å². The van der Waals surface area contributed by atoms with Gasteiger partial charge in [-0.25, -0.2) is 0 Å². The summed E-state index contributed by atoms with van der Waals surface area (Å²) in [5, 5.41) is 17.6. The minimum atomic E-state index is -0.862. The highest BCUT2D eigenvalue weighted by Crippen LogP contribution is 2.38. The third-order valence-corrected chi connectivity index (χ3v) is 6.43. The Labute approximate surface area is 134 Å². The second kappa shape index (κ2) is 6.38. The molecule has 1 N–H and O–H groups in total. The molecule has 0 aliphatic carbocycles. The zero-order chi connectivity index (χ0) is 14.0. The highest BCUT2D eigenvalue weighted by molar-refractivity contribution is 9.13. The molecule has 0 aliphatic rings. The number of thioether (sulfide) groups is 1. The minimum absolute atomic E-state index is 0.0179. The van der Waals surface area contributed by atoms with E-state index in [4.69, 9.17) is 5.11 Å². The number of carboxylic acid groups (broad SMARTS) is 1. The van der Waals surface area contributed by atoms with Crippen molar-refractivity contribution in [1.29, 1.82) is 0 Å². The number of carboxylic acids is 1. The normalized spacial score (nSPS) is 10.9. The smallest absolute Gasteiger partial charge is 0.313 e. The van der Waals surface area contributed by atoms with Gasteiger partial charge in [-0.05, 0) is 44.8 Å². The standard InChI is InChI=1S/C10H9Br2N3O2S2/c1-2-15-9(6-3-5(11)8(12)19-6)13-14-10(15)18-4-7(16)17/h3H,2,4H2,1H3,(H,16,17). The van der Waals surface area contributed by atoms with Crippen LogP contribution in [-0.2, 0) is 11.3 Å². The SMILES string of the molecule is CCn1c(SCC(=O)O)nnc1-c1cc(Br)c(Br)s1. The monoisotopic (exact) mass is 425 g/mol. The van der Waals surface area contributed by atoms with Crippen LogP contribution in [0, 0.1) is 0 Å². The fourth-order valence-corrected chi connectivity index (χ4v) is 4.20. The van der Waals surface area contributed by atoms with Gasteiger partial charge in [0.25, 0.3) is 0 Å². The summed E-state index contributed by atoms with van der Waals surface area (Å²) in [6.07, 6.45) is 0. The van der Waals surface area contributed by atoms with E-state index in [1.807, 2.05) is 17.6 Å². The first kappa shape index (κ1) is 15.0. The van der Waals surface area contributed by atoms with Gasteiger partial charge in [-0.15, -0.1) is 21.5 Å². The average Bonchev–Trinajstić information content (AvgIpc) is 2.90. The summed E-state index contributed by atoms with van der Waals surface area (Å²) < 4.78 is 3.88. The Morgan fingerprint density at radius 2 is 2.26 bits per heavy atom. The molecule has 0 radical (unpaired) electrons. The Hall–Kier alpha value is -0.380. The molecule has 0 spiro atoms. The Bertz CT molecular complexity index is 592. The van der Waals surface area contributed by atoms with Crippen LogP contribution in [0.15, 0.2) is 19.5 Å². The number of thiophene rings is 1. The van der Waals surface area contributed by atoms with Crippen LogP contribution in [-0.4, -0.2) is 31.6 Å². The van der Waals surface area contributed by atoms with E-state index in [9.17, 15) is 4.79 Å². The molecule has 102 valence electrons. The summed E-state index contributed by atoms with van der Waals surface area (Å²) in [5.41, 5.74) is 0.